The summed E-state index contributed by atoms with van der Waals surface area (Å²) in [5.74, 6) is 0.666. The van der Waals surface area contributed by atoms with Gasteiger partial charge in [-0.2, -0.15) is 0 Å². The first-order valence-electron chi connectivity index (χ1n) is 8.27. The minimum Gasteiger partial charge on any atom is -0.378 e. The van der Waals surface area contributed by atoms with Gasteiger partial charge in [-0.1, -0.05) is 18.2 Å². The minimum atomic E-state index is 0.406. The summed E-state index contributed by atoms with van der Waals surface area (Å²) in [4.78, 5) is 3.66. The Balaban J connectivity index is 1.55. The second-order valence-electron chi connectivity index (χ2n) is 6.54. The molecule has 21 heavy (non-hydrogen) atoms. The Hall–Kier alpha value is -1.32. The quantitative estimate of drug-likeness (QED) is 0.904. The Morgan fingerprint density at radius 2 is 2.19 bits per heavy atom. The highest BCUT2D eigenvalue weighted by Gasteiger charge is 2.28. The Morgan fingerprint density at radius 3 is 3.05 bits per heavy atom. The van der Waals surface area contributed by atoms with E-state index in [1.807, 2.05) is 0 Å². The topological polar surface area (TPSA) is 37.0 Å². The van der Waals surface area contributed by atoms with Crippen LogP contribution in [0.2, 0.25) is 0 Å². The van der Waals surface area contributed by atoms with Crippen LogP contribution in [0, 0.1) is 5.92 Å². The summed E-state index contributed by atoms with van der Waals surface area (Å²) in [5.41, 5.74) is 4.24. The van der Waals surface area contributed by atoms with E-state index in [0.29, 0.717) is 18.1 Å². The van der Waals surface area contributed by atoms with E-state index in [9.17, 15) is 0 Å². The van der Waals surface area contributed by atoms with E-state index in [-0.39, 0.29) is 0 Å². The summed E-state index contributed by atoms with van der Waals surface area (Å²) in [6.45, 7) is 4.20. The van der Waals surface area contributed by atoms with Gasteiger partial charge in [-0.25, -0.2) is 0 Å². The van der Waals surface area contributed by atoms with Gasteiger partial charge in [-0.15, -0.1) is 0 Å². The molecule has 1 aliphatic heterocycles. The third-order valence-corrected chi connectivity index (χ3v) is 5.27. The zero-order valence-electron chi connectivity index (χ0n) is 12.7. The van der Waals surface area contributed by atoms with E-state index in [2.05, 4.69) is 41.5 Å². The summed E-state index contributed by atoms with van der Waals surface area (Å²) in [6, 6.07) is 9.18. The van der Waals surface area contributed by atoms with Crippen molar-refractivity contribution in [2.24, 2.45) is 5.92 Å². The van der Waals surface area contributed by atoms with Gasteiger partial charge in [0.1, 0.15) is 0 Å². The van der Waals surface area contributed by atoms with Crippen molar-refractivity contribution in [2.45, 2.75) is 44.8 Å². The molecule has 0 radical (unpaired) electrons. The highest BCUT2D eigenvalue weighted by molar-refractivity contribution is 5.85. The normalized spacial score (nSPS) is 28.9. The number of aromatic amines is 1. The van der Waals surface area contributed by atoms with Gasteiger partial charge in [-0.05, 0) is 50.2 Å². The van der Waals surface area contributed by atoms with Crippen LogP contribution in [0.3, 0.4) is 0 Å². The Labute approximate surface area is 126 Å². The number of aryl methyl sites for hydroxylation is 1. The number of aromatic nitrogens is 1. The standard InChI is InChI=1S/C18H24N2O/c1-12-13(9-10-21-12)11-19-17-8-4-6-15-14-5-2-3-7-16(14)20-18(15)17/h2-3,5,7,12-13,17,19-20H,4,6,8-11H2,1H3. The maximum atomic E-state index is 5.67. The highest BCUT2D eigenvalue weighted by Crippen LogP contribution is 2.35. The molecule has 3 heteroatoms. The van der Waals surface area contributed by atoms with Crippen LogP contribution in [-0.2, 0) is 11.2 Å². The fourth-order valence-electron chi connectivity index (χ4n) is 3.96. The number of H-pyrrole nitrogens is 1. The molecular weight excluding hydrogens is 260 g/mol. The molecular formula is C18H24N2O. The number of para-hydroxylation sites is 1. The molecule has 0 amide bonds. The minimum absolute atomic E-state index is 0.406. The third kappa shape index (κ3) is 2.39. The zero-order chi connectivity index (χ0) is 14.2. The van der Waals surface area contributed by atoms with E-state index >= 15 is 0 Å². The molecule has 3 unspecified atom stereocenters. The average molecular weight is 284 g/mol. The average Bonchev–Trinajstić information content (AvgIpc) is 3.09. The first kappa shape index (κ1) is 13.4. The molecule has 112 valence electrons. The molecule has 0 spiro atoms. The molecule has 1 saturated heterocycles. The Kier molecular flexibility index (Phi) is 3.48. The molecule has 2 heterocycles. The molecule has 3 atom stereocenters. The predicted molar refractivity (Wildman–Crippen MR) is 85.5 cm³/mol. The highest BCUT2D eigenvalue weighted by atomic mass is 16.5. The van der Waals surface area contributed by atoms with E-state index in [1.54, 1.807) is 0 Å². The lowest BCUT2D eigenvalue weighted by molar-refractivity contribution is 0.104. The number of benzene rings is 1. The summed E-state index contributed by atoms with van der Waals surface area (Å²) in [5, 5.41) is 5.21. The lowest BCUT2D eigenvalue weighted by Crippen LogP contribution is -2.32. The van der Waals surface area contributed by atoms with Gasteiger partial charge in [-0.3, -0.25) is 0 Å². The smallest absolute Gasteiger partial charge is 0.0588 e. The Morgan fingerprint density at radius 1 is 1.29 bits per heavy atom. The van der Waals surface area contributed by atoms with Crippen LogP contribution in [0.4, 0.5) is 0 Å². The van der Waals surface area contributed by atoms with E-state index in [4.69, 9.17) is 4.74 Å². The van der Waals surface area contributed by atoms with E-state index in [1.165, 1.54) is 47.8 Å². The van der Waals surface area contributed by atoms with Gasteiger partial charge in [0, 0.05) is 35.8 Å². The van der Waals surface area contributed by atoms with Crippen molar-refractivity contribution < 1.29 is 4.74 Å². The molecule has 1 fully saturated rings. The first-order chi connectivity index (χ1) is 10.3. The Bertz CT molecular complexity index is 633. The van der Waals surface area contributed by atoms with E-state index in [0.717, 1.165) is 13.2 Å². The number of rotatable bonds is 3. The number of nitrogens with one attached hydrogen (secondary N) is 2. The lowest BCUT2D eigenvalue weighted by atomic mass is 9.91. The molecule has 4 rings (SSSR count). The predicted octanol–water partition coefficient (Wildman–Crippen LogP) is 3.56. The second-order valence-corrected chi connectivity index (χ2v) is 6.54. The fraction of sp³-hybridized carbons (Fsp3) is 0.556. The van der Waals surface area contributed by atoms with Crippen molar-refractivity contribution in [3.8, 4) is 0 Å². The van der Waals surface area contributed by atoms with Crippen LogP contribution < -0.4 is 5.32 Å². The van der Waals surface area contributed by atoms with Crippen LogP contribution in [0.25, 0.3) is 10.9 Å². The van der Waals surface area contributed by atoms with Crippen molar-refractivity contribution in [1.82, 2.24) is 10.3 Å². The molecule has 2 aliphatic rings. The summed E-state index contributed by atoms with van der Waals surface area (Å²) in [7, 11) is 0. The molecule has 2 aromatic rings. The van der Waals surface area contributed by atoms with Gasteiger partial charge >= 0.3 is 0 Å². The van der Waals surface area contributed by atoms with Crippen molar-refractivity contribution in [1.29, 1.82) is 0 Å². The van der Waals surface area contributed by atoms with Crippen LogP contribution >= 0.6 is 0 Å². The lowest BCUT2D eigenvalue weighted by Gasteiger charge is -2.26. The van der Waals surface area contributed by atoms with Gasteiger partial charge in [0.2, 0.25) is 0 Å². The zero-order valence-corrected chi connectivity index (χ0v) is 12.7. The SMILES string of the molecule is CC1OCCC1CNC1CCCc2c1[nH]c1ccccc21. The molecule has 1 aromatic heterocycles. The van der Waals surface area contributed by atoms with Gasteiger partial charge in [0.15, 0.2) is 0 Å². The number of hydrogen-bond donors (Lipinski definition) is 2. The molecule has 1 aromatic carbocycles. The molecule has 0 bridgehead atoms. The van der Waals surface area contributed by atoms with E-state index < -0.39 is 0 Å². The number of ether oxygens (including phenoxy) is 1. The monoisotopic (exact) mass is 284 g/mol. The second kappa shape index (κ2) is 5.47. The maximum Gasteiger partial charge on any atom is 0.0588 e. The van der Waals surface area contributed by atoms with Crippen molar-refractivity contribution >= 4 is 10.9 Å². The van der Waals surface area contributed by atoms with Gasteiger partial charge in [0.05, 0.1) is 6.10 Å². The van der Waals surface area contributed by atoms with Crippen LogP contribution in [0.15, 0.2) is 24.3 Å². The first-order valence-corrected chi connectivity index (χ1v) is 8.27. The van der Waals surface area contributed by atoms with Crippen LogP contribution in [0.1, 0.15) is 43.5 Å². The van der Waals surface area contributed by atoms with Crippen LogP contribution in [0.5, 0.6) is 0 Å². The molecule has 1 aliphatic carbocycles. The largest absolute Gasteiger partial charge is 0.378 e. The molecule has 3 nitrogen and oxygen atoms in total. The summed E-state index contributed by atoms with van der Waals surface area (Å²) < 4.78 is 5.67. The maximum absolute atomic E-state index is 5.67. The van der Waals surface area contributed by atoms with Crippen molar-refractivity contribution in [2.75, 3.05) is 13.2 Å². The number of fused-ring (bicyclic) bond motifs is 3. The fourth-order valence-corrected chi connectivity index (χ4v) is 3.96. The van der Waals surface area contributed by atoms with Crippen molar-refractivity contribution in [3.63, 3.8) is 0 Å². The third-order valence-electron chi connectivity index (χ3n) is 5.27. The van der Waals surface area contributed by atoms with Crippen LogP contribution in [-0.4, -0.2) is 24.2 Å². The van der Waals surface area contributed by atoms with Crippen molar-refractivity contribution in [3.05, 3.63) is 35.5 Å². The molecule has 0 saturated carbocycles. The van der Waals surface area contributed by atoms with Gasteiger partial charge < -0.3 is 15.0 Å². The summed E-state index contributed by atoms with van der Waals surface area (Å²) >= 11 is 0. The summed E-state index contributed by atoms with van der Waals surface area (Å²) in [6.07, 6.45) is 5.33. The van der Waals surface area contributed by atoms with Gasteiger partial charge in [0.25, 0.3) is 0 Å². The molecule has 2 N–H and O–H groups in total. The number of hydrogen-bond acceptors (Lipinski definition) is 2.